The summed E-state index contributed by atoms with van der Waals surface area (Å²) in [6.07, 6.45) is 11.0. The molecule has 0 radical (unpaired) electrons. The summed E-state index contributed by atoms with van der Waals surface area (Å²) < 4.78 is 5.15. The van der Waals surface area contributed by atoms with Crippen molar-refractivity contribution >= 4 is 0 Å². The predicted octanol–water partition coefficient (Wildman–Crippen LogP) is 3.76. The fourth-order valence-corrected chi connectivity index (χ4v) is 2.20. The third-order valence-corrected chi connectivity index (χ3v) is 3.34. The smallest absolute Gasteiger partial charge is 0.118 e. The van der Waals surface area contributed by atoms with E-state index in [1.54, 1.807) is 7.11 Å². The number of hydrogen-bond acceptors (Lipinski definition) is 2. The Bertz CT molecular complexity index is 448. The Balaban J connectivity index is 1.56. The molecule has 0 amide bonds. The fourth-order valence-electron chi connectivity index (χ4n) is 2.20. The van der Waals surface area contributed by atoms with Crippen molar-refractivity contribution in [2.45, 2.75) is 38.5 Å². The van der Waals surface area contributed by atoms with Gasteiger partial charge in [-0.1, -0.05) is 25.0 Å². The molecular formula is C16H22N2O. The molecule has 1 heterocycles. The van der Waals surface area contributed by atoms with Crippen molar-refractivity contribution in [3.05, 3.63) is 48.0 Å². The zero-order valence-electron chi connectivity index (χ0n) is 11.6. The molecule has 2 aromatic rings. The largest absolute Gasteiger partial charge is 0.497 e. The number of imidazole rings is 1. The zero-order valence-corrected chi connectivity index (χ0v) is 11.6. The van der Waals surface area contributed by atoms with E-state index in [0.29, 0.717) is 0 Å². The van der Waals surface area contributed by atoms with Crippen molar-refractivity contribution in [1.82, 2.24) is 9.97 Å². The Hall–Kier alpha value is -1.77. The van der Waals surface area contributed by atoms with E-state index < -0.39 is 0 Å². The molecule has 0 spiro atoms. The summed E-state index contributed by atoms with van der Waals surface area (Å²) in [5, 5.41) is 0. The van der Waals surface area contributed by atoms with Crippen LogP contribution in [0.4, 0.5) is 0 Å². The maximum Gasteiger partial charge on any atom is 0.118 e. The van der Waals surface area contributed by atoms with Gasteiger partial charge >= 0.3 is 0 Å². The second-order valence-corrected chi connectivity index (χ2v) is 4.80. The van der Waals surface area contributed by atoms with E-state index in [4.69, 9.17) is 4.74 Å². The molecule has 0 atom stereocenters. The highest BCUT2D eigenvalue weighted by Crippen LogP contribution is 2.14. The molecule has 0 saturated heterocycles. The number of aromatic amines is 1. The number of aryl methyl sites for hydroxylation is 2. The Labute approximate surface area is 115 Å². The van der Waals surface area contributed by atoms with Crippen LogP contribution < -0.4 is 4.74 Å². The van der Waals surface area contributed by atoms with Gasteiger partial charge in [0.1, 0.15) is 11.6 Å². The summed E-state index contributed by atoms with van der Waals surface area (Å²) in [5.41, 5.74) is 1.40. The number of benzene rings is 1. The van der Waals surface area contributed by atoms with Crippen LogP contribution in [0, 0.1) is 0 Å². The number of nitrogens with zero attached hydrogens (tertiary/aromatic N) is 1. The number of methoxy groups -OCH3 is 1. The number of ether oxygens (including phenoxy) is 1. The molecule has 1 aromatic heterocycles. The lowest BCUT2D eigenvalue weighted by Gasteiger charge is -2.03. The Kier molecular flexibility index (Phi) is 5.48. The Morgan fingerprint density at radius 2 is 1.74 bits per heavy atom. The van der Waals surface area contributed by atoms with Gasteiger partial charge in [-0.05, 0) is 37.0 Å². The normalized spacial score (nSPS) is 10.6. The van der Waals surface area contributed by atoms with Gasteiger partial charge in [0.2, 0.25) is 0 Å². The second-order valence-electron chi connectivity index (χ2n) is 4.80. The molecule has 0 fully saturated rings. The van der Waals surface area contributed by atoms with Crippen LogP contribution in [0.5, 0.6) is 5.75 Å². The summed E-state index contributed by atoms with van der Waals surface area (Å²) >= 11 is 0. The van der Waals surface area contributed by atoms with E-state index in [9.17, 15) is 0 Å². The number of H-pyrrole nitrogens is 1. The number of nitrogens with one attached hydrogen (secondary N) is 1. The van der Waals surface area contributed by atoms with Gasteiger partial charge in [0.25, 0.3) is 0 Å². The third-order valence-electron chi connectivity index (χ3n) is 3.34. The quantitative estimate of drug-likeness (QED) is 0.732. The predicted molar refractivity (Wildman–Crippen MR) is 77.5 cm³/mol. The van der Waals surface area contributed by atoms with E-state index >= 15 is 0 Å². The van der Waals surface area contributed by atoms with E-state index in [1.165, 1.54) is 31.2 Å². The highest BCUT2D eigenvalue weighted by atomic mass is 16.5. The van der Waals surface area contributed by atoms with E-state index in [0.717, 1.165) is 24.4 Å². The van der Waals surface area contributed by atoms with Crippen LogP contribution in [0.1, 0.15) is 37.1 Å². The first-order valence-corrected chi connectivity index (χ1v) is 6.99. The molecule has 3 heteroatoms. The van der Waals surface area contributed by atoms with Gasteiger partial charge in [-0.2, -0.15) is 0 Å². The third kappa shape index (κ3) is 4.78. The SMILES string of the molecule is COc1ccc(CCCCCCc2ncc[nH]2)cc1. The van der Waals surface area contributed by atoms with Gasteiger partial charge in [0, 0.05) is 18.8 Å². The summed E-state index contributed by atoms with van der Waals surface area (Å²) in [7, 11) is 1.70. The van der Waals surface area contributed by atoms with Gasteiger partial charge in [-0.3, -0.25) is 0 Å². The molecule has 1 aromatic carbocycles. The maximum absolute atomic E-state index is 5.15. The summed E-state index contributed by atoms with van der Waals surface area (Å²) in [4.78, 5) is 7.37. The lowest BCUT2D eigenvalue weighted by Crippen LogP contribution is -1.90. The molecule has 0 aliphatic carbocycles. The van der Waals surface area contributed by atoms with Crippen LogP contribution in [0.15, 0.2) is 36.7 Å². The van der Waals surface area contributed by atoms with E-state index in [-0.39, 0.29) is 0 Å². The van der Waals surface area contributed by atoms with Gasteiger partial charge in [0.15, 0.2) is 0 Å². The number of aromatic nitrogens is 2. The topological polar surface area (TPSA) is 37.9 Å². The monoisotopic (exact) mass is 258 g/mol. The molecule has 0 aliphatic heterocycles. The molecule has 3 nitrogen and oxygen atoms in total. The number of hydrogen-bond donors (Lipinski definition) is 1. The molecule has 2 rings (SSSR count). The van der Waals surface area contributed by atoms with Crippen molar-refractivity contribution in [2.24, 2.45) is 0 Å². The minimum Gasteiger partial charge on any atom is -0.497 e. The highest BCUT2D eigenvalue weighted by Gasteiger charge is 1.97. The van der Waals surface area contributed by atoms with E-state index in [1.807, 2.05) is 24.5 Å². The van der Waals surface area contributed by atoms with Crippen molar-refractivity contribution < 1.29 is 4.74 Å². The first-order chi connectivity index (χ1) is 9.38. The molecule has 0 aliphatic rings. The summed E-state index contributed by atoms with van der Waals surface area (Å²) in [5.74, 6) is 2.04. The summed E-state index contributed by atoms with van der Waals surface area (Å²) in [6, 6.07) is 8.38. The van der Waals surface area contributed by atoms with Crippen LogP contribution >= 0.6 is 0 Å². The average molecular weight is 258 g/mol. The number of rotatable bonds is 8. The standard InChI is InChI=1S/C16H22N2O/c1-19-15-10-8-14(9-11-15)6-4-2-3-5-7-16-17-12-13-18-16/h8-13H,2-7H2,1H3,(H,17,18). The lowest BCUT2D eigenvalue weighted by molar-refractivity contribution is 0.414. The van der Waals surface area contributed by atoms with Crippen LogP contribution in [-0.2, 0) is 12.8 Å². The van der Waals surface area contributed by atoms with Crippen molar-refractivity contribution in [3.8, 4) is 5.75 Å². The average Bonchev–Trinajstić information content (AvgIpc) is 2.96. The minimum atomic E-state index is 0.933. The Morgan fingerprint density at radius 3 is 2.37 bits per heavy atom. The highest BCUT2D eigenvalue weighted by molar-refractivity contribution is 5.27. The molecule has 0 saturated carbocycles. The van der Waals surface area contributed by atoms with Crippen molar-refractivity contribution in [1.29, 1.82) is 0 Å². The van der Waals surface area contributed by atoms with Crippen LogP contribution in [-0.4, -0.2) is 17.1 Å². The van der Waals surface area contributed by atoms with Crippen molar-refractivity contribution in [2.75, 3.05) is 7.11 Å². The first kappa shape index (κ1) is 13.7. The molecular weight excluding hydrogens is 236 g/mol. The zero-order chi connectivity index (χ0) is 13.3. The first-order valence-electron chi connectivity index (χ1n) is 6.99. The Morgan fingerprint density at radius 1 is 1.00 bits per heavy atom. The van der Waals surface area contributed by atoms with Crippen molar-refractivity contribution in [3.63, 3.8) is 0 Å². The molecule has 19 heavy (non-hydrogen) atoms. The van der Waals surface area contributed by atoms with Gasteiger partial charge in [-0.15, -0.1) is 0 Å². The summed E-state index contributed by atoms with van der Waals surface area (Å²) in [6.45, 7) is 0. The maximum atomic E-state index is 5.15. The van der Waals surface area contributed by atoms with Crippen LogP contribution in [0.3, 0.4) is 0 Å². The molecule has 1 N–H and O–H groups in total. The molecule has 102 valence electrons. The van der Waals surface area contributed by atoms with Gasteiger partial charge in [-0.25, -0.2) is 4.98 Å². The van der Waals surface area contributed by atoms with Gasteiger partial charge in [0.05, 0.1) is 7.11 Å². The van der Waals surface area contributed by atoms with E-state index in [2.05, 4.69) is 22.1 Å². The van der Waals surface area contributed by atoms with Crippen LogP contribution in [0.2, 0.25) is 0 Å². The van der Waals surface area contributed by atoms with Gasteiger partial charge < -0.3 is 9.72 Å². The molecule has 0 unspecified atom stereocenters. The minimum absolute atomic E-state index is 0.933. The fraction of sp³-hybridized carbons (Fsp3) is 0.438. The number of unbranched alkanes of at least 4 members (excludes halogenated alkanes) is 3. The lowest BCUT2D eigenvalue weighted by atomic mass is 10.1. The molecule has 0 bridgehead atoms. The second kappa shape index (κ2) is 7.62. The van der Waals surface area contributed by atoms with Crippen LogP contribution in [0.25, 0.3) is 0 Å².